The highest BCUT2D eigenvalue weighted by Gasteiger charge is 2.56. The average molecular weight is 284 g/mol. The number of fused-ring (bicyclic) bond motifs is 3. The van der Waals surface area contributed by atoms with Gasteiger partial charge in [-0.3, -0.25) is 9.59 Å². The predicted molar refractivity (Wildman–Crippen MR) is 82.4 cm³/mol. The maximum absolute atomic E-state index is 12.1. The molecule has 0 aromatic heterocycles. The normalized spacial score (nSPS) is 42.3. The van der Waals surface area contributed by atoms with E-state index in [0.717, 1.165) is 25.7 Å². The Bertz CT molecular complexity index is 588. The van der Waals surface area contributed by atoms with Crippen LogP contribution >= 0.6 is 0 Å². The number of carbonyl (C=O) groups is 2. The lowest BCUT2D eigenvalue weighted by atomic mass is 9.47. The van der Waals surface area contributed by atoms with Crippen LogP contribution in [0.1, 0.15) is 59.3 Å². The molecular formula is C19H24O2. The molecule has 112 valence electrons. The first-order chi connectivity index (χ1) is 9.93. The van der Waals surface area contributed by atoms with E-state index in [9.17, 15) is 9.59 Å². The maximum atomic E-state index is 12.1. The van der Waals surface area contributed by atoms with Crippen molar-refractivity contribution in [2.75, 3.05) is 0 Å². The molecule has 0 aliphatic heterocycles. The summed E-state index contributed by atoms with van der Waals surface area (Å²) in [5.74, 6) is 7.69. The van der Waals surface area contributed by atoms with Crippen LogP contribution in [-0.2, 0) is 9.59 Å². The highest BCUT2D eigenvalue weighted by molar-refractivity contribution is 5.92. The van der Waals surface area contributed by atoms with Crippen molar-refractivity contribution in [3.05, 3.63) is 11.6 Å². The van der Waals surface area contributed by atoms with Crippen LogP contribution in [0.5, 0.6) is 0 Å². The fourth-order valence-electron chi connectivity index (χ4n) is 5.12. The molecule has 0 bridgehead atoms. The van der Waals surface area contributed by atoms with E-state index >= 15 is 0 Å². The van der Waals surface area contributed by atoms with E-state index in [-0.39, 0.29) is 22.5 Å². The lowest BCUT2D eigenvalue weighted by Crippen LogP contribution is -2.51. The largest absolute Gasteiger partial charge is 0.299 e. The standard InChI is InChI=1S/C19H24O2/c1-4-8-19-10-5-14(20)12-17(19)18(3)9-7-16(21)13(2)15(18)6-11-19/h12-13,15H,5-7,9-11H2,1-3H3. The Hall–Kier alpha value is -1.36. The Balaban J connectivity index is 2.11. The van der Waals surface area contributed by atoms with Crippen LogP contribution in [0.3, 0.4) is 0 Å². The van der Waals surface area contributed by atoms with Crippen molar-refractivity contribution in [1.29, 1.82) is 0 Å². The minimum atomic E-state index is -0.103. The van der Waals surface area contributed by atoms with Crippen molar-refractivity contribution in [1.82, 2.24) is 0 Å². The summed E-state index contributed by atoms with van der Waals surface area (Å²) in [7, 11) is 0. The molecule has 0 radical (unpaired) electrons. The lowest BCUT2D eigenvalue weighted by Gasteiger charge is -2.56. The number of carbonyl (C=O) groups excluding carboxylic acids is 2. The van der Waals surface area contributed by atoms with Crippen molar-refractivity contribution >= 4 is 11.6 Å². The Labute approximate surface area is 127 Å². The molecular weight excluding hydrogens is 260 g/mol. The summed E-state index contributed by atoms with van der Waals surface area (Å²) in [5, 5.41) is 0. The number of allylic oxidation sites excluding steroid dienone is 2. The van der Waals surface area contributed by atoms with Crippen molar-refractivity contribution in [3.8, 4) is 11.8 Å². The number of rotatable bonds is 0. The molecule has 3 rings (SSSR count). The van der Waals surface area contributed by atoms with Crippen molar-refractivity contribution in [2.45, 2.75) is 59.3 Å². The summed E-state index contributed by atoms with van der Waals surface area (Å²) < 4.78 is 0. The molecule has 0 saturated heterocycles. The predicted octanol–water partition coefficient (Wildman–Crippen LogP) is 3.70. The van der Waals surface area contributed by atoms with E-state index in [4.69, 9.17) is 0 Å². The van der Waals surface area contributed by atoms with Gasteiger partial charge in [0.2, 0.25) is 0 Å². The molecule has 2 heteroatoms. The highest BCUT2D eigenvalue weighted by atomic mass is 16.1. The summed E-state index contributed by atoms with van der Waals surface area (Å²) in [6.07, 6.45) is 6.97. The summed E-state index contributed by atoms with van der Waals surface area (Å²) in [4.78, 5) is 24.1. The molecule has 0 N–H and O–H groups in total. The molecule has 0 amide bonds. The summed E-state index contributed by atoms with van der Waals surface area (Å²) >= 11 is 0. The van der Waals surface area contributed by atoms with E-state index < -0.39 is 0 Å². The van der Waals surface area contributed by atoms with Gasteiger partial charge in [-0.1, -0.05) is 19.8 Å². The van der Waals surface area contributed by atoms with Gasteiger partial charge in [-0.05, 0) is 55.6 Å². The Kier molecular flexibility index (Phi) is 3.35. The second-order valence-corrected chi connectivity index (χ2v) is 7.30. The smallest absolute Gasteiger partial charge is 0.155 e. The summed E-state index contributed by atoms with van der Waals surface area (Å²) in [6, 6.07) is 0. The molecule has 4 unspecified atom stereocenters. The van der Waals surface area contributed by atoms with Crippen LogP contribution < -0.4 is 0 Å². The van der Waals surface area contributed by atoms with Gasteiger partial charge in [-0.15, -0.1) is 5.92 Å². The summed E-state index contributed by atoms with van der Waals surface area (Å²) in [5.41, 5.74) is 1.12. The van der Waals surface area contributed by atoms with Crippen LogP contribution in [0.15, 0.2) is 11.6 Å². The van der Waals surface area contributed by atoms with E-state index in [0.29, 0.717) is 24.5 Å². The maximum Gasteiger partial charge on any atom is 0.155 e. The van der Waals surface area contributed by atoms with E-state index in [1.165, 1.54) is 5.57 Å². The van der Waals surface area contributed by atoms with E-state index in [1.807, 2.05) is 13.0 Å². The topological polar surface area (TPSA) is 34.1 Å². The third kappa shape index (κ3) is 2.01. The first kappa shape index (κ1) is 14.6. The highest BCUT2D eigenvalue weighted by Crippen LogP contribution is 2.62. The van der Waals surface area contributed by atoms with Gasteiger partial charge in [0.25, 0.3) is 0 Å². The SMILES string of the molecule is CC#CC12CCC(=O)C=C1C1(C)CCC(=O)C(C)C1CC2. The third-order valence-corrected chi connectivity index (χ3v) is 6.30. The molecule has 0 heterocycles. The van der Waals surface area contributed by atoms with Crippen molar-refractivity contribution in [3.63, 3.8) is 0 Å². The van der Waals surface area contributed by atoms with Gasteiger partial charge in [-0.25, -0.2) is 0 Å². The number of hydrogen-bond acceptors (Lipinski definition) is 2. The van der Waals surface area contributed by atoms with Crippen LogP contribution in [0.25, 0.3) is 0 Å². The molecule has 3 aliphatic carbocycles. The molecule has 2 fully saturated rings. The van der Waals surface area contributed by atoms with Crippen molar-refractivity contribution in [2.24, 2.45) is 22.7 Å². The van der Waals surface area contributed by atoms with Crippen LogP contribution in [-0.4, -0.2) is 11.6 Å². The van der Waals surface area contributed by atoms with Gasteiger partial charge < -0.3 is 0 Å². The Morgan fingerprint density at radius 1 is 1.19 bits per heavy atom. The summed E-state index contributed by atoms with van der Waals surface area (Å²) in [6.45, 7) is 6.24. The zero-order valence-corrected chi connectivity index (χ0v) is 13.3. The number of ketones is 2. The van der Waals surface area contributed by atoms with Gasteiger partial charge in [0.1, 0.15) is 5.78 Å². The van der Waals surface area contributed by atoms with Gasteiger partial charge in [0.15, 0.2) is 5.78 Å². The molecule has 0 aromatic rings. The zero-order chi connectivity index (χ0) is 15.3. The second-order valence-electron chi connectivity index (χ2n) is 7.30. The quantitative estimate of drug-likeness (QED) is 0.636. The third-order valence-electron chi connectivity index (χ3n) is 6.30. The minimum Gasteiger partial charge on any atom is -0.299 e. The molecule has 2 saturated carbocycles. The molecule has 2 nitrogen and oxygen atoms in total. The van der Waals surface area contributed by atoms with Crippen LogP contribution in [0.4, 0.5) is 0 Å². The minimum absolute atomic E-state index is 0.0223. The molecule has 21 heavy (non-hydrogen) atoms. The fourth-order valence-corrected chi connectivity index (χ4v) is 5.12. The first-order valence-corrected chi connectivity index (χ1v) is 8.15. The molecule has 4 atom stereocenters. The fraction of sp³-hybridized carbons (Fsp3) is 0.684. The number of hydrogen-bond donors (Lipinski definition) is 0. The van der Waals surface area contributed by atoms with E-state index in [1.54, 1.807) is 0 Å². The zero-order valence-electron chi connectivity index (χ0n) is 13.3. The molecule has 0 aromatic carbocycles. The van der Waals surface area contributed by atoms with Crippen LogP contribution in [0.2, 0.25) is 0 Å². The number of Topliss-reactive ketones (excluding diaryl/α,β-unsaturated/α-hetero) is 1. The van der Waals surface area contributed by atoms with Gasteiger partial charge in [0.05, 0.1) is 5.41 Å². The lowest BCUT2D eigenvalue weighted by molar-refractivity contribution is -0.131. The van der Waals surface area contributed by atoms with Crippen LogP contribution in [0, 0.1) is 34.5 Å². The van der Waals surface area contributed by atoms with Gasteiger partial charge >= 0.3 is 0 Å². The van der Waals surface area contributed by atoms with E-state index in [2.05, 4.69) is 25.7 Å². The first-order valence-electron chi connectivity index (χ1n) is 8.15. The molecule has 0 spiro atoms. The second kappa shape index (κ2) is 4.83. The van der Waals surface area contributed by atoms with Crippen molar-refractivity contribution < 1.29 is 9.59 Å². The Morgan fingerprint density at radius 2 is 1.95 bits per heavy atom. The van der Waals surface area contributed by atoms with Gasteiger partial charge in [0, 0.05) is 18.8 Å². The monoisotopic (exact) mass is 284 g/mol. The average Bonchev–Trinajstić information content (AvgIpc) is 2.45. The molecule has 3 aliphatic rings. The van der Waals surface area contributed by atoms with Gasteiger partial charge in [-0.2, -0.15) is 0 Å². The Morgan fingerprint density at radius 3 is 2.67 bits per heavy atom.